The molecule has 0 bridgehead atoms. The van der Waals surface area contributed by atoms with Gasteiger partial charge < -0.3 is 4.90 Å². The molecule has 1 atom stereocenters. The Bertz CT molecular complexity index is 288. The number of nitrogens with zero attached hydrogens (tertiary/aromatic N) is 1. The molecule has 0 aliphatic carbocycles. The summed E-state index contributed by atoms with van der Waals surface area (Å²) in [5, 5.41) is 0. The molecule has 2 amide bonds. The summed E-state index contributed by atoms with van der Waals surface area (Å²) in [5.74, 6) is -0.802. The normalized spacial score (nSPS) is 28.5. The van der Waals surface area contributed by atoms with E-state index in [0.717, 1.165) is 0 Å². The molecule has 0 aromatic rings. The summed E-state index contributed by atoms with van der Waals surface area (Å²) in [6.45, 7) is 0.151. The molecule has 0 aromatic carbocycles. The minimum absolute atomic E-state index is 0.0281. The van der Waals surface area contributed by atoms with Crippen molar-refractivity contribution >= 4 is 17.6 Å². The van der Waals surface area contributed by atoms with E-state index in [1.165, 1.54) is 4.90 Å². The number of Topliss-reactive ketones (excluding diaryl/α,β-unsaturated/α-hetero) is 1. The zero-order valence-electron chi connectivity index (χ0n) is 6.78. The molecule has 0 spiro atoms. The number of likely N-dealkylation sites (tertiary alicyclic amines) is 1. The highest BCUT2D eigenvalue weighted by Crippen LogP contribution is 2.13. The standard InChI is InChI=1S/C7H8N2O4/c10-4-1-6(11)9(2-4)5-3-13-8-7(5)12/h5H,1-3H2,(H,8,12). The minimum Gasteiger partial charge on any atom is -0.320 e. The highest BCUT2D eigenvalue weighted by molar-refractivity contribution is 6.07. The van der Waals surface area contributed by atoms with Crippen LogP contribution in [0.2, 0.25) is 0 Å². The van der Waals surface area contributed by atoms with Crippen molar-refractivity contribution in [2.45, 2.75) is 12.5 Å². The molecule has 2 fully saturated rings. The summed E-state index contributed by atoms with van der Waals surface area (Å²) in [4.78, 5) is 39.1. The lowest BCUT2D eigenvalue weighted by Gasteiger charge is -2.18. The largest absolute Gasteiger partial charge is 0.320 e. The highest BCUT2D eigenvalue weighted by Gasteiger charge is 2.39. The molecule has 1 N–H and O–H groups in total. The second kappa shape index (κ2) is 2.81. The van der Waals surface area contributed by atoms with Gasteiger partial charge in [-0.3, -0.25) is 19.2 Å². The summed E-state index contributed by atoms with van der Waals surface area (Å²) in [6.07, 6.45) is -0.0935. The van der Waals surface area contributed by atoms with Crippen LogP contribution in [0.15, 0.2) is 0 Å². The van der Waals surface area contributed by atoms with Crippen molar-refractivity contribution in [1.29, 1.82) is 0 Å². The maximum atomic E-state index is 11.2. The van der Waals surface area contributed by atoms with Crippen LogP contribution in [0.5, 0.6) is 0 Å². The molecule has 2 aliphatic rings. The SMILES string of the molecule is O=C1CC(=O)N(C2CONC2=O)C1. The molecule has 6 heteroatoms. The van der Waals surface area contributed by atoms with Crippen molar-refractivity contribution < 1.29 is 19.2 Å². The number of carbonyl (C=O) groups is 3. The average molecular weight is 184 g/mol. The lowest BCUT2D eigenvalue weighted by Crippen LogP contribution is -2.43. The first-order valence-corrected chi connectivity index (χ1v) is 3.91. The van der Waals surface area contributed by atoms with Crippen LogP contribution in [0.4, 0.5) is 0 Å². The number of amides is 2. The van der Waals surface area contributed by atoms with Gasteiger partial charge in [0.1, 0.15) is 12.6 Å². The van der Waals surface area contributed by atoms with E-state index in [9.17, 15) is 14.4 Å². The molecule has 70 valence electrons. The van der Waals surface area contributed by atoms with Crippen LogP contribution in [0.3, 0.4) is 0 Å². The maximum absolute atomic E-state index is 11.2. The van der Waals surface area contributed by atoms with Crippen LogP contribution in [0.25, 0.3) is 0 Å². The van der Waals surface area contributed by atoms with E-state index in [2.05, 4.69) is 10.3 Å². The van der Waals surface area contributed by atoms with Gasteiger partial charge in [0.25, 0.3) is 5.91 Å². The monoisotopic (exact) mass is 184 g/mol. The maximum Gasteiger partial charge on any atom is 0.268 e. The van der Waals surface area contributed by atoms with E-state index in [4.69, 9.17) is 0 Å². The van der Waals surface area contributed by atoms with Crippen LogP contribution < -0.4 is 5.48 Å². The summed E-state index contributed by atoms with van der Waals surface area (Å²) < 4.78 is 0. The van der Waals surface area contributed by atoms with Gasteiger partial charge in [0.15, 0.2) is 5.78 Å². The van der Waals surface area contributed by atoms with Gasteiger partial charge in [0.05, 0.1) is 13.0 Å². The Morgan fingerprint density at radius 1 is 1.38 bits per heavy atom. The molecule has 2 aliphatic heterocycles. The Labute approximate surface area is 73.8 Å². The van der Waals surface area contributed by atoms with Crippen molar-refractivity contribution in [3.8, 4) is 0 Å². The van der Waals surface area contributed by atoms with Crippen molar-refractivity contribution in [2.75, 3.05) is 13.2 Å². The first kappa shape index (κ1) is 8.18. The smallest absolute Gasteiger partial charge is 0.268 e. The van der Waals surface area contributed by atoms with Crippen LogP contribution in [-0.2, 0) is 19.2 Å². The molecule has 0 radical (unpaired) electrons. The Morgan fingerprint density at radius 3 is 2.62 bits per heavy atom. The summed E-state index contributed by atoms with van der Waals surface area (Å²) >= 11 is 0. The fourth-order valence-corrected chi connectivity index (χ4v) is 1.46. The van der Waals surface area contributed by atoms with E-state index >= 15 is 0 Å². The predicted octanol–water partition coefficient (Wildman–Crippen LogP) is -1.78. The first-order chi connectivity index (χ1) is 6.18. The third-order valence-electron chi connectivity index (χ3n) is 2.11. The summed E-state index contributed by atoms with van der Waals surface area (Å²) in [6, 6.07) is -0.626. The van der Waals surface area contributed by atoms with Crippen molar-refractivity contribution in [3.05, 3.63) is 0 Å². The molecule has 0 aromatic heterocycles. The molecule has 1 unspecified atom stereocenters. The van der Waals surface area contributed by atoms with E-state index in [1.54, 1.807) is 0 Å². The third-order valence-corrected chi connectivity index (χ3v) is 2.11. The third kappa shape index (κ3) is 1.29. The highest BCUT2D eigenvalue weighted by atomic mass is 16.7. The van der Waals surface area contributed by atoms with E-state index in [1.807, 2.05) is 0 Å². The molecule has 6 nitrogen and oxygen atoms in total. The number of ketones is 1. The van der Waals surface area contributed by atoms with Crippen molar-refractivity contribution in [2.24, 2.45) is 0 Å². The van der Waals surface area contributed by atoms with Crippen LogP contribution in [0.1, 0.15) is 6.42 Å². The second-order valence-corrected chi connectivity index (χ2v) is 3.03. The first-order valence-electron chi connectivity index (χ1n) is 3.91. The number of nitrogens with one attached hydrogen (secondary N) is 1. The van der Waals surface area contributed by atoms with Gasteiger partial charge in [-0.05, 0) is 0 Å². The van der Waals surface area contributed by atoms with Gasteiger partial charge in [-0.25, -0.2) is 5.48 Å². The fourth-order valence-electron chi connectivity index (χ4n) is 1.46. The van der Waals surface area contributed by atoms with Gasteiger partial charge in [0.2, 0.25) is 5.91 Å². The predicted molar refractivity (Wildman–Crippen MR) is 39.2 cm³/mol. The summed E-state index contributed by atoms with van der Waals surface area (Å²) in [7, 11) is 0. The van der Waals surface area contributed by atoms with E-state index in [0.29, 0.717) is 0 Å². The topological polar surface area (TPSA) is 75.7 Å². The molecule has 13 heavy (non-hydrogen) atoms. The lowest BCUT2D eigenvalue weighted by molar-refractivity contribution is -0.135. The molecule has 2 saturated heterocycles. The average Bonchev–Trinajstić information content (AvgIpc) is 2.58. The Kier molecular flexibility index (Phi) is 1.77. The van der Waals surface area contributed by atoms with Crippen LogP contribution in [-0.4, -0.2) is 41.7 Å². The van der Waals surface area contributed by atoms with Gasteiger partial charge in [-0.15, -0.1) is 0 Å². The lowest BCUT2D eigenvalue weighted by atomic mass is 10.3. The molecule has 2 heterocycles. The number of hydrogen-bond donors (Lipinski definition) is 1. The van der Waals surface area contributed by atoms with Crippen molar-refractivity contribution in [3.63, 3.8) is 0 Å². The van der Waals surface area contributed by atoms with E-state index < -0.39 is 6.04 Å². The summed E-state index contributed by atoms with van der Waals surface area (Å²) in [5.41, 5.74) is 2.14. The van der Waals surface area contributed by atoms with Gasteiger partial charge >= 0.3 is 0 Å². The van der Waals surface area contributed by atoms with Gasteiger partial charge in [-0.1, -0.05) is 0 Å². The van der Waals surface area contributed by atoms with Crippen molar-refractivity contribution in [1.82, 2.24) is 10.4 Å². The zero-order chi connectivity index (χ0) is 9.42. The fraction of sp³-hybridized carbons (Fsp3) is 0.571. The van der Waals surface area contributed by atoms with Crippen LogP contribution in [0, 0.1) is 0 Å². The van der Waals surface area contributed by atoms with E-state index in [-0.39, 0.29) is 37.2 Å². The Balaban J connectivity index is 2.12. The zero-order valence-corrected chi connectivity index (χ0v) is 6.78. The molecular formula is C7H8N2O4. The number of hydrogen-bond acceptors (Lipinski definition) is 4. The second-order valence-electron chi connectivity index (χ2n) is 3.03. The van der Waals surface area contributed by atoms with Crippen LogP contribution >= 0.6 is 0 Å². The van der Waals surface area contributed by atoms with Gasteiger partial charge in [0, 0.05) is 0 Å². The molecule has 0 saturated carbocycles. The number of hydroxylamine groups is 1. The number of rotatable bonds is 1. The van der Waals surface area contributed by atoms with Gasteiger partial charge in [-0.2, -0.15) is 0 Å². The minimum atomic E-state index is -0.626. The quantitative estimate of drug-likeness (QED) is 0.489. The molecular weight excluding hydrogens is 176 g/mol. The molecule has 2 rings (SSSR count). The Hall–Kier alpha value is -1.43. The Morgan fingerprint density at radius 2 is 2.15 bits per heavy atom. The number of carbonyl (C=O) groups excluding carboxylic acids is 3.